The van der Waals surface area contributed by atoms with Crippen LogP contribution in [0.5, 0.6) is 0 Å². The first-order chi connectivity index (χ1) is 11.1. The third-order valence-corrected chi connectivity index (χ3v) is 5.55. The Bertz CT molecular complexity index is 557. The average Bonchev–Trinajstić information content (AvgIpc) is 3.05. The number of nitrogens with one attached hydrogen (secondary N) is 1. The van der Waals surface area contributed by atoms with Gasteiger partial charge in [0.2, 0.25) is 5.91 Å². The average molecular weight is 462 g/mol. The van der Waals surface area contributed by atoms with Gasteiger partial charge in [0.15, 0.2) is 5.96 Å². The Labute approximate surface area is 165 Å². The summed E-state index contributed by atoms with van der Waals surface area (Å²) in [6.07, 6.45) is 4.05. The minimum absolute atomic E-state index is 0. The number of rotatable bonds is 5. The van der Waals surface area contributed by atoms with E-state index in [-0.39, 0.29) is 36.4 Å². The molecule has 3 rings (SSSR count). The Morgan fingerprint density at radius 1 is 1.38 bits per heavy atom. The highest BCUT2D eigenvalue weighted by atomic mass is 127. The van der Waals surface area contributed by atoms with E-state index in [1.807, 2.05) is 0 Å². The first kappa shape index (κ1) is 19.5. The fourth-order valence-corrected chi connectivity index (χ4v) is 3.71. The van der Waals surface area contributed by atoms with Gasteiger partial charge in [0.1, 0.15) is 6.54 Å². The molecule has 0 radical (unpaired) electrons. The lowest BCUT2D eigenvalue weighted by molar-refractivity contribution is -0.127. The molecule has 0 aromatic carbocycles. The number of likely N-dealkylation sites (tertiary alicyclic amines) is 1. The second-order valence-corrected chi connectivity index (χ2v) is 7.73. The Kier molecular flexibility index (Phi) is 7.34. The maximum absolute atomic E-state index is 11.9. The first-order valence-electron chi connectivity index (χ1n) is 8.39. The molecule has 1 saturated heterocycles. The van der Waals surface area contributed by atoms with Gasteiger partial charge in [0.05, 0.1) is 6.54 Å². The zero-order chi connectivity index (χ0) is 16.2. The zero-order valence-electron chi connectivity index (χ0n) is 14.4. The molecule has 7 heteroatoms. The molecular formula is C17H27IN4OS. The minimum atomic E-state index is 0. The highest BCUT2D eigenvalue weighted by Gasteiger charge is 2.36. The molecule has 0 bridgehead atoms. The van der Waals surface area contributed by atoms with Gasteiger partial charge in [-0.25, -0.2) is 4.99 Å². The Morgan fingerprint density at radius 2 is 2.17 bits per heavy atom. The van der Waals surface area contributed by atoms with E-state index >= 15 is 0 Å². The second kappa shape index (κ2) is 9.03. The van der Waals surface area contributed by atoms with Crippen LogP contribution in [0.2, 0.25) is 0 Å². The van der Waals surface area contributed by atoms with Crippen LogP contribution in [0, 0.1) is 11.8 Å². The lowest BCUT2D eigenvalue weighted by Gasteiger charge is -2.22. The number of likely N-dealkylation sites (N-methyl/N-ethyl adjacent to an activating group) is 1. The van der Waals surface area contributed by atoms with Crippen molar-refractivity contribution in [2.75, 3.05) is 33.7 Å². The summed E-state index contributed by atoms with van der Waals surface area (Å²) in [6.45, 7) is 3.12. The molecule has 1 aromatic rings. The molecule has 2 heterocycles. The summed E-state index contributed by atoms with van der Waals surface area (Å²) >= 11 is 1.74. The topological polar surface area (TPSA) is 47.9 Å². The predicted octanol–water partition coefficient (Wildman–Crippen LogP) is 2.63. The van der Waals surface area contributed by atoms with Gasteiger partial charge in [-0.2, -0.15) is 0 Å². The maximum atomic E-state index is 11.9. The summed E-state index contributed by atoms with van der Waals surface area (Å²) in [4.78, 5) is 21.7. The Morgan fingerprint density at radius 3 is 2.79 bits per heavy atom. The van der Waals surface area contributed by atoms with Crippen molar-refractivity contribution in [2.45, 2.75) is 25.8 Å². The van der Waals surface area contributed by atoms with Gasteiger partial charge in [-0.3, -0.25) is 4.79 Å². The Hall–Kier alpha value is -0.830. The van der Waals surface area contributed by atoms with Crippen molar-refractivity contribution in [2.24, 2.45) is 16.8 Å². The molecule has 0 spiro atoms. The third kappa shape index (κ3) is 5.34. The van der Waals surface area contributed by atoms with Crippen LogP contribution < -0.4 is 5.32 Å². The van der Waals surface area contributed by atoms with E-state index in [9.17, 15) is 4.79 Å². The molecule has 1 atom stereocenters. The highest BCUT2D eigenvalue weighted by molar-refractivity contribution is 14.0. The van der Waals surface area contributed by atoms with Crippen LogP contribution in [0.3, 0.4) is 0 Å². The molecular weight excluding hydrogens is 435 g/mol. The van der Waals surface area contributed by atoms with Crippen molar-refractivity contribution >= 4 is 47.2 Å². The SMILES string of the molecule is CN(C)C(=O)CN=C(NCc1cccs1)N1CCC(C2CC2)C1.I. The van der Waals surface area contributed by atoms with Gasteiger partial charge in [0.25, 0.3) is 0 Å². The highest BCUT2D eigenvalue weighted by Crippen LogP contribution is 2.41. The number of halogens is 1. The van der Waals surface area contributed by atoms with Crippen LogP contribution in [0.25, 0.3) is 0 Å². The van der Waals surface area contributed by atoms with E-state index in [1.165, 1.54) is 24.1 Å². The van der Waals surface area contributed by atoms with Gasteiger partial charge in [0, 0.05) is 32.1 Å². The summed E-state index contributed by atoms with van der Waals surface area (Å²) in [5.41, 5.74) is 0. The van der Waals surface area contributed by atoms with E-state index in [0.717, 1.165) is 37.4 Å². The molecule has 2 aliphatic rings. The van der Waals surface area contributed by atoms with Crippen LogP contribution in [0.15, 0.2) is 22.5 Å². The molecule has 1 unspecified atom stereocenters. The largest absolute Gasteiger partial charge is 0.351 e. The van der Waals surface area contributed by atoms with Crippen LogP contribution in [0.1, 0.15) is 24.1 Å². The van der Waals surface area contributed by atoms with Gasteiger partial charge < -0.3 is 15.1 Å². The predicted molar refractivity (Wildman–Crippen MR) is 110 cm³/mol. The van der Waals surface area contributed by atoms with Crippen molar-refractivity contribution in [1.82, 2.24) is 15.1 Å². The summed E-state index contributed by atoms with van der Waals surface area (Å²) in [7, 11) is 3.55. The fraction of sp³-hybridized carbons (Fsp3) is 0.647. The van der Waals surface area contributed by atoms with E-state index in [4.69, 9.17) is 0 Å². The van der Waals surface area contributed by atoms with E-state index < -0.39 is 0 Å². The van der Waals surface area contributed by atoms with E-state index in [1.54, 1.807) is 30.3 Å². The lowest BCUT2D eigenvalue weighted by Crippen LogP contribution is -2.40. The third-order valence-electron chi connectivity index (χ3n) is 4.68. The number of amides is 1. The van der Waals surface area contributed by atoms with Gasteiger partial charge in [-0.15, -0.1) is 35.3 Å². The van der Waals surface area contributed by atoms with Crippen molar-refractivity contribution in [3.05, 3.63) is 22.4 Å². The number of thiophene rings is 1. The smallest absolute Gasteiger partial charge is 0.243 e. The summed E-state index contributed by atoms with van der Waals surface area (Å²) < 4.78 is 0. The molecule has 1 amide bonds. The number of guanidine groups is 1. The van der Waals surface area contributed by atoms with Crippen LogP contribution in [-0.4, -0.2) is 55.4 Å². The molecule has 1 saturated carbocycles. The maximum Gasteiger partial charge on any atom is 0.243 e. The molecule has 24 heavy (non-hydrogen) atoms. The molecule has 5 nitrogen and oxygen atoms in total. The van der Waals surface area contributed by atoms with Crippen molar-refractivity contribution in [3.8, 4) is 0 Å². The van der Waals surface area contributed by atoms with E-state index in [2.05, 4.69) is 32.7 Å². The first-order valence-corrected chi connectivity index (χ1v) is 9.27. The second-order valence-electron chi connectivity index (χ2n) is 6.69. The van der Waals surface area contributed by atoms with Crippen molar-refractivity contribution in [3.63, 3.8) is 0 Å². The quantitative estimate of drug-likeness (QED) is 0.416. The van der Waals surface area contributed by atoms with Crippen LogP contribution in [-0.2, 0) is 11.3 Å². The zero-order valence-corrected chi connectivity index (χ0v) is 17.5. The van der Waals surface area contributed by atoms with Crippen molar-refractivity contribution < 1.29 is 4.79 Å². The monoisotopic (exact) mass is 462 g/mol. The molecule has 1 aromatic heterocycles. The lowest BCUT2D eigenvalue weighted by atomic mass is 10.0. The van der Waals surface area contributed by atoms with Gasteiger partial charge in [-0.1, -0.05) is 6.07 Å². The summed E-state index contributed by atoms with van der Waals surface area (Å²) in [5.74, 6) is 2.67. The molecule has 1 aliphatic carbocycles. The molecule has 1 aliphatic heterocycles. The number of hydrogen-bond donors (Lipinski definition) is 1. The van der Waals surface area contributed by atoms with Gasteiger partial charge in [-0.05, 0) is 42.5 Å². The summed E-state index contributed by atoms with van der Waals surface area (Å²) in [6, 6.07) is 4.18. The summed E-state index contributed by atoms with van der Waals surface area (Å²) in [5, 5.41) is 5.54. The molecule has 1 N–H and O–H groups in total. The number of carbonyl (C=O) groups excluding carboxylic acids is 1. The number of aliphatic imine (C=N–C) groups is 1. The minimum Gasteiger partial charge on any atom is -0.351 e. The number of nitrogens with zero attached hydrogens (tertiary/aromatic N) is 3. The van der Waals surface area contributed by atoms with E-state index in [0.29, 0.717) is 0 Å². The number of carbonyl (C=O) groups is 1. The van der Waals surface area contributed by atoms with Crippen molar-refractivity contribution in [1.29, 1.82) is 0 Å². The fourth-order valence-electron chi connectivity index (χ4n) is 3.06. The Balaban J connectivity index is 0.00000208. The van der Waals surface area contributed by atoms with Crippen LogP contribution >= 0.6 is 35.3 Å². The molecule has 2 fully saturated rings. The van der Waals surface area contributed by atoms with Crippen LogP contribution in [0.4, 0.5) is 0 Å². The standard InChI is InChI=1S/C17H26N4OS.HI/c1-20(2)16(22)11-19-17(18-10-15-4-3-9-23-15)21-8-7-14(12-21)13-5-6-13;/h3-4,9,13-14H,5-8,10-12H2,1-2H3,(H,18,19);1H. The van der Waals surface area contributed by atoms with Gasteiger partial charge >= 0.3 is 0 Å². The normalized spacial score (nSPS) is 20.7. The number of hydrogen-bond acceptors (Lipinski definition) is 3. The molecule has 134 valence electrons.